The van der Waals surface area contributed by atoms with Gasteiger partial charge in [-0.15, -0.1) is 0 Å². The summed E-state index contributed by atoms with van der Waals surface area (Å²) in [5, 5.41) is 0. The van der Waals surface area contributed by atoms with Crippen LogP contribution in [0.15, 0.2) is 115 Å². The first-order valence-electron chi connectivity index (χ1n) is 30.2. The molecule has 7 heterocycles. The zero-order chi connectivity index (χ0) is 59.1. The molecule has 0 saturated carbocycles. The zero-order valence-corrected chi connectivity index (χ0v) is 49.6. The first kappa shape index (κ1) is 59.0. The Morgan fingerprint density at radius 1 is 0.447 bits per heavy atom. The maximum Gasteiger partial charge on any atom is 0.231 e. The number of piperidine rings is 3. The Kier molecular flexibility index (Phi) is 17.9. The van der Waals surface area contributed by atoms with Crippen LogP contribution in [-0.2, 0) is 69.5 Å². The molecule has 0 radical (unpaired) electrons. The SMILES string of the molecule is COc1ccc(CC(=O)N2CCC3(CC2)COc2ccc(CN)cc23)cc1C.COc1cccc(CCC(=O)N2CCC3(CC2)COc2ccc(CN)cc23)c1.NCc1ccc2c(c1)C1(CCN(C(=O)CCc3ccc4c(c3)OCO4)CC1)CO2. The van der Waals surface area contributed by atoms with Crippen LogP contribution >= 0.6 is 0 Å². The number of carbonyl (C=O) groups excluding carboxylic acids is 3. The molecule has 6 N–H and O–H groups in total. The average molecular weight is 1160 g/mol. The third-order valence-corrected chi connectivity index (χ3v) is 18.9. The third-order valence-electron chi connectivity index (χ3n) is 18.9. The van der Waals surface area contributed by atoms with Crippen molar-refractivity contribution in [1.29, 1.82) is 0 Å². The molecule has 16 heteroatoms. The van der Waals surface area contributed by atoms with Gasteiger partial charge in [-0.1, -0.05) is 66.7 Å². The highest BCUT2D eigenvalue weighted by Crippen LogP contribution is 2.49. The molecule has 0 aromatic heterocycles. The monoisotopic (exact) mass is 1150 g/mol. The summed E-state index contributed by atoms with van der Waals surface area (Å²) in [4.78, 5) is 44.3. The van der Waals surface area contributed by atoms with E-state index in [0.29, 0.717) is 65.1 Å². The smallest absolute Gasteiger partial charge is 0.231 e. The van der Waals surface area contributed by atoms with Crippen LogP contribution in [0.3, 0.4) is 0 Å². The van der Waals surface area contributed by atoms with Crippen molar-refractivity contribution in [2.45, 2.75) is 113 Å². The van der Waals surface area contributed by atoms with Crippen molar-refractivity contribution in [2.24, 2.45) is 17.2 Å². The van der Waals surface area contributed by atoms with E-state index in [4.69, 9.17) is 50.4 Å². The second kappa shape index (κ2) is 25.8. The highest BCUT2D eigenvalue weighted by Gasteiger charge is 2.46. The van der Waals surface area contributed by atoms with E-state index < -0.39 is 0 Å². The predicted molar refractivity (Wildman–Crippen MR) is 326 cm³/mol. The van der Waals surface area contributed by atoms with Crippen LogP contribution in [0.1, 0.15) is 107 Å². The van der Waals surface area contributed by atoms with Gasteiger partial charge in [0, 0.05) is 105 Å². The van der Waals surface area contributed by atoms with Crippen molar-refractivity contribution >= 4 is 17.7 Å². The number of likely N-dealkylation sites (tertiary alicyclic amines) is 3. The summed E-state index contributed by atoms with van der Waals surface area (Å²) in [6.45, 7) is 10.7. The Morgan fingerprint density at radius 3 is 1.32 bits per heavy atom. The molecule has 7 aliphatic heterocycles. The van der Waals surface area contributed by atoms with Gasteiger partial charge in [-0.05, 0) is 146 Å². The van der Waals surface area contributed by atoms with Crippen molar-refractivity contribution in [3.63, 3.8) is 0 Å². The Bertz CT molecular complexity index is 3380. The quantitative estimate of drug-likeness (QED) is 0.0991. The summed E-state index contributed by atoms with van der Waals surface area (Å²) < 4.78 is 39.2. The number of hydrogen-bond donors (Lipinski definition) is 3. The number of carbonyl (C=O) groups is 3. The maximum atomic E-state index is 12.8. The number of rotatable bonds is 13. The summed E-state index contributed by atoms with van der Waals surface area (Å²) in [7, 11) is 3.33. The van der Waals surface area contributed by atoms with E-state index in [1.54, 1.807) is 14.2 Å². The lowest BCUT2D eigenvalue weighted by atomic mass is 9.74. The van der Waals surface area contributed by atoms with Crippen LogP contribution < -0.4 is 50.4 Å². The topological polar surface area (TPSA) is 204 Å². The molecule has 0 aliphatic carbocycles. The summed E-state index contributed by atoms with van der Waals surface area (Å²) in [5.41, 5.74) is 29.1. The fourth-order valence-electron chi connectivity index (χ4n) is 13.5. The fraction of sp³-hybridized carbons (Fsp3) is 0.435. The molecule has 3 saturated heterocycles. The number of nitrogens with two attached hydrogens (primary N) is 3. The van der Waals surface area contributed by atoms with E-state index in [0.717, 1.165) is 163 Å². The second-order valence-corrected chi connectivity index (χ2v) is 24.0. The molecular formula is C69H82N6O10. The highest BCUT2D eigenvalue weighted by atomic mass is 16.7. The Balaban J connectivity index is 0.000000133. The summed E-state index contributed by atoms with van der Waals surface area (Å²) in [5.74, 6) is 6.80. The predicted octanol–water partition coefficient (Wildman–Crippen LogP) is 8.76. The first-order valence-corrected chi connectivity index (χ1v) is 30.2. The molecule has 13 rings (SSSR count). The van der Waals surface area contributed by atoms with Crippen molar-refractivity contribution in [1.82, 2.24) is 14.7 Å². The molecule has 448 valence electrons. The standard InChI is InChI=1S/C23H26N2O4.2C23H28N2O3/c24-13-17-2-4-19-18(11-17)23(14-27-19)7-9-25(10-8-23)22(26)6-3-16-1-5-20-21(12-16)29-15-28-20;1-16-11-17(3-5-20(16)27-2)13-22(26)25-9-7-23(8-10-25)15-28-21-6-4-18(14-24)12-19(21)23;1-27-19-4-2-3-17(13-19)6-8-22(26)25-11-9-23(10-12-25)16-28-21-7-5-18(15-24)14-20(21)23/h1-2,4-5,11-12H,3,6-10,13-15,24H2;3-6,11-12H,7-10,13-15,24H2,1-2H3;2-5,7,13-14H,6,8-12,15-16,24H2,1H3. The van der Waals surface area contributed by atoms with Gasteiger partial charge in [0.05, 0.1) is 40.5 Å². The number of ether oxygens (including phenoxy) is 7. The molecule has 16 nitrogen and oxygen atoms in total. The van der Waals surface area contributed by atoms with Gasteiger partial charge in [-0.2, -0.15) is 0 Å². The number of aryl methyl sites for hydroxylation is 3. The summed E-state index contributed by atoms with van der Waals surface area (Å²) >= 11 is 0. The molecule has 85 heavy (non-hydrogen) atoms. The largest absolute Gasteiger partial charge is 0.497 e. The minimum Gasteiger partial charge on any atom is -0.497 e. The Morgan fingerprint density at radius 2 is 0.871 bits per heavy atom. The zero-order valence-electron chi connectivity index (χ0n) is 49.6. The fourth-order valence-corrected chi connectivity index (χ4v) is 13.5. The number of fused-ring (bicyclic) bond motifs is 7. The van der Waals surface area contributed by atoms with Crippen LogP contribution in [0.2, 0.25) is 0 Å². The average Bonchev–Trinajstić information content (AvgIpc) is 4.07. The first-order chi connectivity index (χ1) is 41.3. The van der Waals surface area contributed by atoms with Gasteiger partial charge in [0.1, 0.15) is 28.7 Å². The lowest BCUT2D eigenvalue weighted by Gasteiger charge is -2.38. The molecule has 6 aromatic rings. The highest BCUT2D eigenvalue weighted by molar-refractivity contribution is 5.79. The molecule has 6 aromatic carbocycles. The molecule has 0 atom stereocenters. The minimum atomic E-state index is 0.0218. The van der Waals surface area contributed by atoms with Gasteiger partial charge in [-0.25, -0.2) is 0 Å². The van der Waals surface area contributed by atoms with Crippen molar-refractivity contribution in [3.8, 4) is 40.2 Å². The number of methoxy groups -OCH3 is 2. The molecule has 3 fully saturated rings. The van der Waals surface area contributed by atoms with Gasteiger partial charge in [0.2, 0.25) is 24.5 Å². The van der Waals surface area contributed by atoms with E-state index in [1.807, 2.05) is 119 Å². The lowest BCUT2D eigenvalue weighted by Crippen LogP contribution is -2.46. The normalized spacial score (nSPS) is 17.7. The van der Waals surface area contributed by atoms with Crippen molar-refractivity contribution < 1.29 is 47.5 Å². The molecule has 3 spiro atoms. The number of nitrogens with zero attached hydrogens (tertiary/aromatic N) is 3. The Hall–Kier alpha value is -7.79. The molecular weight excluding hydrogens is 1070 g/mol. The van der Waals surface area contributed by atoms with Gasteiger partial charge in [0.15, 0.2) is 11.5 Å². The van der Waals surface area contributed by atoms with Crippen LogP contribution in [-0.4, -0.2) is 113 Å². The van der Waals surface area contributed by atoms with Crippen LogP contribution in [0.25, 0.3) is 0 Å². The van der Waals surface area contributed by atoms with Gasteiger partial charge >= 0.3 is 0 Å². The lowest BCUT2D eigenvalue weighted by molar-refractivity contribution is -0.133. The molecule has 0 unspecified atom stereocenters. The number of benzene rings is 6. The van der Waals surface area contributed by atoms with E-state index in [1.165, 1.54) is 16.7 Å². The van der Waals surface area contributed by atoms with Crippen molar-refractivity contribution in [3.05, 3.63) is 171 Å². The van der Waals surface area contributed by atoms with Crippen molar-refractivity contribution in [2.75, 3.05) is 80.1 Å². The van der Waals surface area contributed by atoms with Gasteiger partial charge in [-0.3, -0.25) is 14.4 Å². The van der Waals surface area contributed by atoms with Crippen LogP contribution in [0, 0.1) is 6.92 Å². The third kappa shape index (κ3) is 12.8. The Labute approximate surface area is 499 Å². The summed E-state index contributed by atoms with van der Waals surface area (Å²) in [6, 6.07) is 38.6. The van der Waals surface area contributed by atoms with E-state index >= 15 is 0 Å². The van der Waals surface area contributed by atoms with Gasteiger partial charge in [0.25, 0.3) is 0 Å². The molecule has 0 bridgehead atoms. The maximum absolute atomic E-state index is 12.8. The molecule has 3 amide bonds. The van der Waals surface area contributed by atoms with E-state index in [2.05, 4.69) is 18.2 Å². The van der Waals surface area contributed by atoms with E-state index in [9.17, 15) is 14.4 Å². The molecule has 7 aliphatic rings. The van der Waals surface area contributed by atoms with E-state index in [-0.39, 0.29) is 40.8 Å². The number of amides is 3. The minimum absolute atomic E-state index is 0.0218. The second-order valence-electron chi connectivity index (χ2n) is 24.0. The summed E-state index contributed by atoms with van der Waals surface area (Å²) in [6.07, 6.45) is 8.55. The van der Waals surface area contributed by atoms with Crippen LogP contribution in [0.4, 0.5) is 0 Å². The van der Waals surface area contributed by atoms with Gasteiger partial charge < -0.3 is 65.1 Å². The number of hydrogen-bond acceptors (Lipinski definition) is 13. The van der Waals surface area contributed by atoms with Crippen LogP contribution in [0.5, 0.6) is 40.2 Å².